The van der Waals surface area contributed by atoms with Crippen LogP contribution in [0, 0.1) is 0 Å². The highest BCUT2D eigenvalue weighted by atomic mass is 16.5. The molecular formula is C29H37N5O2. The number of carbonyl (C=O) groups excluding carboxylic acids is 1. The topological polar surface area (TPSA) is 61.8 Å². The van der Waals surface area contributed by atoms with Gasteiger partial charge in [-0.1, -0.05) is 6.07 Å². The highest BCUT2D eigenvalue weighted by Crippen LogP contribution is 2.50. The number of benzene rings is 1. The Labute approximate surface area is 214 Å². The van der Waals surface area contributed by atoms with E-state index in [2.05, 4.69) is 67.0 Å². The first-order valence-electron chi connectivity index (χ1n) is 13.0. The minimum atomic E-state index is -0.474. The van der Waals surface area contributed by atoms with Gasteiger partial charge in [0.25, 0.3) is 0 Å². The number of rotatable bonds is 7. The number of piperidine rings is 1. The quantitative estimate of drug-likeness (QED) is 0.462. The number of hydrogen-bond donors (Lipinski definition) is 0. The molecule has 190 valence electrons. The van der Waals surface area contributed by atoms with Crippen LogP contribution >= 0.6 is 0 Å². The highest BCUT2D eigenvalue weighted by molar-refractivity contribution is 6.12. The molecule has 7 heteroatoms. The monoisotopic (exact) mass is 487 g/mol. The van der Waals surface area contributed by atoms with Crippen molar-refractivity contribution >= 4 is 22.5 Å². The van der Waals surface area contributed by atoms with Crippen LogP contribution in [0.4, 0.5) is 5.69 Å². The summed E-state index contributed by atoms with van der Waals surface area (Å²) in [5, 5.41) is 1.07. The molecule has 4 heterocycles. The summed E-state index contributed by atoms with van der Waals surface area (Å²) in [6.45, 7) is 7.96. The number of likely N-dealkylation sites (N-methyl/N-ethyl adjacent to an activating group) is 1. The third-order valence-electron chi connectivity index (χ3n) is 7.85. The first kappa shape index (κ1) is 24.7. The lowest BCUT2D eigenvalue weighted by molar-refractivity contribution is -0.124. The molecule has 0 aliphatic carbocycles. The third-order valence-corrected chi connectivity index (χ3v) is 7.85. The van der Waals surface area contributed by atoms with Gasteiger partial charge in [0.15, 0.2) is 0 Å². The van der Waals surface area contributed by atoms with Crippen molar-refractivity contribution in [3.8, 4) is 17.0 Å². The zero-order valence-electron chi connectivity index (χ0n) is 22.1. The normalized spacial score (nSPS) is 17.5. The highest BCUT2D eigenvalue weighted by Gasteiger charge is 2.52. The summed E-state index contributed by atoms with van der Waals surface area (Å²) < 4.78 is 5.81. The molecule has 5 rings (SSSR count). The van der Waals surface area contributed by atoms with Gasteiger partial charge in [-0.15, -0.1) is 0 Å². The lowest BCUT2D eigenvalue weighted by atomic mass is 9.72. The fraction of sp³-hybridized carbons (Fsp3) is 0.483. The number of anilines is 1. The second-order valence-electron chi connectivity index (χ2n) is 10.7. The number of likely N-dealkylation sites (tertiary alicyclic amines) is 1. The van der Waals surface area contributed by atoms with Crippen molar-refractivity contribution in [2.45, 2.75) is 44.6 Å². The molecule has 0 saturated carbocycles. The Bertz CT molecular complexity index is 1250. The summed E-state index contributed by atoms with van der Waals surface area (Å²) in [6, 6.07) is 10.8. The van der Waals surface area contributed by atoms with E-state index in [-0.39, 0.29) is 5.91 Å². The number of fused-ring (bicyclic) bond motifs is 4. The van der Waals surface area contributed by atoms with Gasteiger partial charge in [0.2, 0.25) is 11.8 Å². The van der Waals surface area contributed by atoms with E-state index in [0.717, 1.165) is 72.2 Å². The van der Waals surface area contributed by atoms with Gasteiger partial charge in [-0.25, -0.2) is 4.98 Å². The molecule has 1 saturated heterocycles. The second kappa shape index (κ2) is 9.79. The summed E-state index contributed by atoms with van der Waals surface area (Å²) in [7, 11) is 6.01. The first-order valence-corrected chi connectivity index (χ1v) is 13.0. The van der Waals surface area contributed by atoms with E-state index in [1.807, 2.05) is 30.4 Å². The number of carbonyl (C=O) groups is 1. The van der Waals surface area contributed by atoms with Crippen molar-refractivity contribution in [3.05, 3.63) is 48.3 Å². The Balaban J connectivity index is 1.46. The summed E-state index contributed by atoms with van der Waals surface area (Å²) in [5.74, 6) is 0.849. The molecule has 3 aromatic rings. The molecule has 1 aromatic carbocycles. The standard InChI is InChI=1S/C29H37N5O2/c1-20(2)34-14-11-29(12-15-34)27-23-17-21(7-9-24(23)30-19-25(27)33(5)28(29)35)22-8-10-26(31-18-22)36-16-6-13-32(3)4/h7-10,17-20H,6,11-16H2,1-5H3. The van der Waals surface area contributed by atoms with E-state index in [1.165, 1.54) is 0 Å². The average molecular weight is 488 g/mol. The predicted octanol–water partition coefficient (Wildman–Crippen LogP) is 4.35. The molecule has 0 unspecified atom stereocenters. The Hall–Kier alpha value is -3.03. The molecule has 1 spiro atoms. The van der Waals surface area contributed by atoms with Gasteiger partial charge in [-0.2, -0.15) is 0 Å². The van der Waals surface area contributed by atoms with Crippen LogP contribution in [0.1, 0.15) is 38.7 Å². The largest absolute Gasteiger partial charge is 0.478 e. The fourth-order valence-corrected chi connectivity index (χ4v) is 5.74. The maximum Gasteiger partial charge on any atom is 0.237 e. The van der Waals surface area contributed by atoms with Crippen LogP contribution in [0.25, 0.3) is 22.0 Å². The molecule has 1 fully saturated rings. The van der Waals surface area contributed by atoms with Gasteiger partial charge in [-0.3, -0.25) is 9.78 Å². The average Bonchev–Trinajstić information content (AvgIpc) is 3.09. The van der Waals surface area contributed by atoms with E-state index in [9.17, 15) is 4.79 Å². The fourth-order valence-electron chi connectivity index (χ4n) is 5.74. The molecule has 2 aliphatic heterocycles. The van der Waals surface area contributed by atoms with Gasteiger partial charge in [0, 0.05) is 48.4 Å². The summed E-state index contributed by atoms with van der Waals surface area (Å²) in [5.41, 5.74) is 4.65. The lowest BCUT2D eigenvalue weighted by Gasteiger charge is -2.40. The van der Waals surface area contributed by atoms with Crippen molar-refractivity contribution in [2.75, 3.05) is 52.3 Å². The molecule has 0 atom stereocenters. The molecule has 0 bridgehead atoms. The lowest BCUT2D eigenvalue weighted by Crippen LogP contribution is -2.49. The van der Waals surface area contributed by atoms with E-state index in [1.54, 1.807) is 0 Å². The predicted molar refractivity (Wildman–Crippen MR) is 145 cm³/mol. The van der Waals surface area contributed by atoms with Gasteiger partial charge < -0.3 is 19.4 Å². The summed E-state index contributed by atoms with van der Waals surface area (Å²) in [4.78, 5) is 29.3. The van der Waals surface area contributed by atoms with Crippen LogP contribution in [0.5, 0.6) is 5.88 Å². The molecular weight excluding hydrogens is 450 g/mol. The van der Waals surface area contributed by atoms with Crippen LogP contribution < -0.4 is 9.64 Å². The Morgan fingerprint density at radius 2 is 1.81 bits per heavy atom. The van der Waals surface area contributed by atoms with E-state index < -0.39 is 5.41 Å². The van der Waals surface area contributed by atoms with Crippen molar-refractivity contribution in [3.63, 3.8) is 0 Å². The Morgan fingerprint density at radius 3 is 2.47 bits per heavy atom. The first-order chi connectivity index (χ1) is 17.3. The number of aromatic nitrogens is 2. The maximum absolute atomic E-state index is 13.7. The van der Waals surface area contributed by atoms with E-state index in [4.69, 9.17) is 9.72 Å². The summed E-state index contributed by atoms with van der Waals surface area (Å²) in [6.07, 6.45) is 6.39. The Kier molecular flexibility index (Phi) is 6.70. The van der Waals surface area contributed by atoms with Crippen molar-refractivity contribution < 1.29 is 9.53 Å². The van der Waals surface area contributed by atoms with Crippen LogP contribution in [0.3, 0.4) is 0 Å². The number of pyridine rings is 2. The number of amides is 1. The van der Waals surface area contributed by atoms with E-state index >= 15 is 0 Å². The van der Waals surface area contributed by atoms with Crippen LogP contribution in [0.15, 0.2) is 42.7 Å². The second-order valence-corrected chi connectivity index (χ2v) is 10.7. The van der Waals surface area contributed by atoms with Gasteiger partial charge in [-0.05, 0) is 84.1 Å². The molecule has 1 amide bonds. The number of hydrogen-bond acceptors (Lipinski definition) is 6. The molecule has 0 radical (unpaired) electrons. The minimum absolute atomic E-state index is 0.207. The molecule has 2 aliphatic rings. The van der Waals surface area contributed by atoms with Crippen molar-refractivity contribution in [2.24, 2.45) is 0 Å². The molecule has 2 aromatic heterocycles. The number of ether oxygens (including phenoxy) is 1. The van der Waals surface area contributed by atoms with Crippen molar-refractivity contribution in [1.29, 1.82) is 0 Å². The smallest absolute Gasteiger partial charge is 0.237 e. The number of nitrogens with zero attached hydrogens (tertiary/aromatic N) is 5. The zero-order chi connectivity index (χ0) is 25.4. The molecule has 0 N–H and O–H groups in total. The van der Waals surface area contributed by atoms with Crippen LogP contribution in [-0.4, -0.2) is 79.1 Å². The van der Waals surface area contributed by atoms with E-state index in [0.29, 0.717) is 18.5 Å². The van der Waals surface area contributed by atoms with Gasteiger partial charge >= 0.3 is 0 Å². The van der Waals surface area contributed by atoms with Gasteiger partial charge in [0.05, 0.1) is 29.4 Å². The maximum atomic E-state index is 13.7. The minimum Gasteiger partial charge on any atom is -0.478 e. The van der Waals surface area contributed by atoms with Crippen molar-refractivity contribution in [1.82, 2.24) is 19.8 Å². The SMILES string of the molecule is CC(C)N1CCC2(CC1)C(=O)N(C)c1cnc3ccc(-c4ccc(OCCCN(C)C)nc4)cc3c12. The van der Waals surface area contributed by atoms with Gasteiger partial charge in [0.1, 0.15) is 0 Å². The summed E-state index contributed by atoms with van der Waals surface area (Å²) >= 11 is 0. The third kappa shape index (κ3) is 4.35. The Morgan fingerprint density at radius 1 is 1.06 bits per heavy atom. The zero-order valence-corrected chi connectivity index (χ0v) is 22.1. The molecule has 7 nitrogen and oxygen atoms in total. The van der Waals surface area contributed by atoms with Crippen LogP contribution in [-0.2, 0) is 10.2 Å². The molecule has 36 heavy (non-hydrogen) atoms. The van der Waals surface area contributed by atoms with Crippen LogP contribution in [0.2, 0.25) is 0 Å².